The third-order valence-corrected chi connectivity index (χ3v) is 2.37. The van der Waals surface area contributed by atoms with Gasteiger partial charge in [-0.05, 0) is 30.5 Å². The van der Waals surface area contributed by atoms with Crippen molar-refractivity contribution in [1.29, 1.82) is 0 Å². The first-order valence-electron chi connectivity index (χ1n) is 4.88. The number of hydrogen-bond donors (Lipinski definition) is 2. The molecular formula is C11H18N2O. The monoisotopic (exact) mass is 194 g/mol. The molecule has 0 aromatic carbocycles. The second kappa shape index (κ2) is 4.53. The maximum Gasteiger partial charge on any atom is 0.111 e. The topological polar surface area (TPSA) is 59.1 Å². The number of rotatable bonds is 3. The van der Waals surface area contributed by atoms with E-state index in [2.05, 4.69) is 4.98 Å². The van der Waals surface area contributed by atoms with Gasteiger partial charge in [0.25, 0.3) is 0 Å². The zero-order valence-corrected chi connectivity index (χ0v) is 8.94. The molecule has 0 bridgehead atoms. The number of aryl methyl sites for hydroxylation is 1. The highest BCUT2D eigenvalue weighted by Crippen LogP contribution is 2.18. The third-order valence-electron chi connectivity index (χ3n) is 2.37. The summed E-state index contributed by atoms with van der Waals surface area (Å²) >= 11 is 0. The number of aliphatic hydroxyl groups is 1. The van der Waals surface area contributed by atoms with Crippen molar-refractivity contribution in [1.82, 2.24) is 4.98 Å². The Morgan fingerprint density at radius 2 is 2.07 bits per heavy atom. The second-order valence-corrected chi connectivity index (χ2v) is 4.02. The molecule has 14 heavy (non-hydrogen) atoms. The van der Waals surface area contributed by atoms with Gasteiger partial charge in [-0.15, -0.1) is 0 Å². The van der Waals surface area contributed by atoms with E-state index in [4.69, 9.17) is 5.73 Å². The fraction of sp³-hybridized carbons (Fsp3) is 0.545. The molecule has 3 heteroatoms. The lowest BCUT2D eigenvalue weighted by Crippen LogP contribution is -2.33. The van der Waals surface area contributed by atoms with Crippen LogP contribution in [0.3, 0.4) is 0 Å². The van der Waals surface area contributed by atoms with E-state index in [9.17, 15) is 5.11 Å². The van der Waals surface area contributed by atoms with Gasteiger partial charge in [0, 0.05) is 12.2 Å². The third kappa shape index (κ3) is 2.53. The van der Waals surface area contributed by atoms with Crippen LogP contribution in [0.2, 0.25) is 0 Å². The van der Waals surface area contributed by atoms with Gasteiger partial charge in [0.15, 0.2) is 0 Å². The smallest absolute Gasteiger partial charge is 0.111 e. The normalized spacial score (nSPS) is 15.6. The quantitative estimate of drug-likeness (QED) is 0.764. The summed E-state index contributed by atoms with van der Waals surface area (Å²) in [5, 5.41) is 9.90. The second-order valence-electron chi connectivity index (χ2n) is 4.02. The number of pyridine rings is 1. The maximum absolute atomic E-state index is 9.90. The van der Waals surface area contributed by atoms with Crippen molar-refractivity contribution in [3.05, 3.63) is 29.6 Å². The van der Waals surface area contributed by atoms with Crippen LogP contribution in [0.5, 0.6) is 0 Å². The summed E-state index contributed by atoms with van der Waals surface area (Å²) in [6, 6.07) is 3.51. The van der Waals surface area contributed by atoms with Crippen molar-refractivity contribution in [2.24, 2.45) is 11.7 Å². The molecule has 0 amide bonds. The Hall–Kier alpha value is -0.930. The van der Waals surface area contributed by atoms with E-state index in [0.717, 1.165) is 5.56 Å². The van der Waals surface area contributed by atoms with Crippen LogP contribution in [0.4, 0.5) is 0 Å². The SMILES string of the molecule is Cc1ccnc([C@@H](O)[C@@H](N)C(C)C)c1. The molecule has 3 nitrogen and oxygen atoms in total. The highest BCUT2D eigenvalue weighted by molar-refractivity contribution is 5.17. The molecule has 78 valence electrons. The van der Waals surface area contributed by atoms with Gasteiger partial charge in [0.05, 0.1) is 5.69 Å². The molecule has 1 heterocycles. The van der Waals surface area contributed by atoms with Crippen LogP contribution in [0.15, 0.2) is 18.3 Å². The van der Waals surface area contributed by atoms with Crippen molar-refractivity contribution in [2.45, 2.75) is 32.9 Å². The van der Waals surface area contributed by atoms with Gasteiger partial charge in [0.2, 0.25) is 0 Å². The molecule has 0 saturated carbocycles. The zero-order chi connectivity index (χ0) is 10.7. The van der Waals surface area contributed by atoms with Gasteiger partial charge in [-0.2, -0.15) is 0 Å². The first kappa shape index (κ1) is 11.1. The summed E-state index contributed by atoms with van der Waals surface area (Å²) in [6.45, 7) is 5.95. The minimum Gasteiger partial charge on any atom is -0.385 e. The predicted octanol–water partition coefficient (Wildman–Crippen LogP) is 1.41. The number of hydrogen-bond acceptors (Lipinski definition) is 3. The summed E-state index contributed by atoms with van der Waals surface area (Å²) in [5.41, 5.74) is 7.60. The molecule has 1 aromatic heterocycles. The Morgan fingerprint density at radius 3 is 2.57 bits per heavy atom. The molecule has 0 spiro atoms. The fourth-order valence-corrected chi connectivity index (χ4v) is 1.28. The molecule has 0 unspecified atom stereocenters. The Kier molecular flexibility index (Phi) is 3.61. The molecule has 0 radical (unpaired) electrons. The summed E-state index contributed by atoms with van der Waals surface area (Å²) in [6.07, 6.45) is 1.02. The minimum absolute atomic E-state index is 0.243. The van der Waals surface area contributed by atoms with Crippen molar-refractivity contribution < 1.29 is 5.11 Å². The first-order valence-corrected chi connectivity index (χ1v) is 4.88. The van der Waals surface area contributed by atoms with Crippen LogP contribution < -0.4 is 5.73 Å². The molecule has 1 rings (SSSR count). The Balaban J connectivity index is 2.83. The fourth-order valence-electron chi connectivity index (χ4n) is 1.28. The van der Waals surface area contributed by atoms with Gasteiger partial charge in [-0.1, -0.05) is 13.8 Å². The van der Waals surface area contributed by atoms with Crippen LogP contribution in [0, 0.1) is 12.8 Å². The summed E-state index contributed by atoms with van der Waals surface area (Å²) in [4.78, 5) is 4.11. The van der Waals surface area contributed by atoms with Crippen molar-refractivity contribution in [3.8, 4) is 0 Å². The van der Waals surface area contributed by atoms with Crippen LogP contribution in [0.1, 0.15) is 31.2 Å². The standard InChI is InChI=1S/C11H18N2O/c1-7(2)10(12)11(14)9-6-8(3)4-5-13-9/h4-7,10-11,14H,12H2,1-3H3/t10-,11+/m0/s1. The lowest BCUT2D eigenvalue weighted by atomic mass is 9.97. The van der Waals surface area contributed by atoms with E-state index in [1.807, 2.05) is 32.9 Å². The minimum atomic E-state index is -0.671. The van der Waals surface area contributed by atoms with Gasteiger partial charge in [-0.25, -0.2) is 0 Å². The molecule has 1 aromatic rings. The van der Waals surface area contributed by atoms with Crippen LogP contribution >= 0.6 is 0 Å². The molecule has 2 atom stereocenters. The number of aromatic nitrogens is 1. The Morgan fingerprint density at radius 1 is 1.43 bits per heavy atom. The summed E-state index contributed by atoms with van der Waals surface area (Å²) < 4.78 is 0. The Bertz CT molecular complexity index is 299. The number of nitrogens with zero attached hydrogens (tertiary/aromatic N) is 1. The zero-order valence-electron chi connectivity index (χ0n) is 8.94. The molecular weight excluding hydrogens is 176 g/mol. The first-order chi connectivity index (χ1) is 6.52. The van der Waals surface area contributed by atoms with E-state index in [-0.39, 0.29) is 12.0 Å². The van der Waals surface area contributed by atoms with E-state index in [1.165, 1.54) is 0 Å². The molecule has 0 aliphatic rings. The lowest BCUT2D eigenvalue weighted by Gasteiger charge is -2.21. The van der Waals surface area contributed by atoms with E-state index in [0.29, 0.717) is 5.69 Å². The van der Waals surface area contributed by atoms with E-state index >= 15 is 0 Å². The van der Waals surface area contributed by atoms with Crippen molar-refractivity contribution in [2.75, 3.05) is 0 Å². The largest absolute Gasteiger partial charge is 0.385 e. The average Bonchev–Trinajstić information content (AvgIpc) is 2.15. The van der Waals surface area contributed by atoms with Crippen molar-refractivity contribution >= 4 is 0 Å². The maximum atomic E-state index is 9.90. The summed E-state index contributed by atoms with van der Waals surface area (Å²) in [5.74, 6) is 0.243. The summed E-state index contributed by atoms with van der Waals surface area (Å²) in [7, 11) is 0. The van der Waals surface area contributed by atoms with E-state index in [1.54, 1.807) is 6.20 Å². The van der Waals surface area contributed by atoms with E-state index < -0.39 is 6.10 Å². The van der Waals surface area contributed by atoms with Gasteiger partial charge < -0.3 is 10.8 Å². The average molecular weight is 194 g/mol. The molecule has 3 N–H and O–H groups in total. The molecule has 0 fully saturated rings. The van der Waals surface area contributed by atoms with Gasteiger partial charge in [0.1, 0.15) is 6.10 Å². The Labute approximate surface area is 85.0 Å². The van der Waals surface area contributed by atoms with Crippen LogP contribution in [-0.4, -0.2) is 16.1 Å². The number of aliphatic hydroxyl groups excluding tert-OH is 1. The van der Waals surface area contributed by atoms with Crippen LogP contribution in [0.25, 0.3) is 0 Å². The molecule has 0 saturated heterocycles. The highest BCUT2D eigenvalue weighted by Gasteiger charge is 2.20. The van der Waals surface area contributed by atoms with Gasteiger partial charge >= 0.3 is 0 Å². The highest BCUT2D eigenvalue weighted by atomic mass is 16.3. The number of nitrogens with two attached hydrogens (primary N) is 1. The molecule has 0 aliphatic heterocycles. The van der Waals surface area contributed by atoms with Gasteiger partial charge in [-0.3, -0.25) is 4.98 Å². The lowest BCUT2D eigenvalue weighted by molar-refractivity contribution is 0.121. The predicted molar refractivity (Wildman–Crippen MR) is 56.7 cm³/mol. The van der Waals surface area contributed by atoms with Crippen molar-refractivity contribution in [3.63, 3.8) is 0 Å². The van der Waals surface area contributed by atoms with Crippen LogP contribution in [-0.2, 0) is 0 Å². The molecule has 0 aliphatic carbocycles.